The fraction of sp³-hybridized carbons (Fsp3) is 0.391. The summed E-state index contributed by atoms with van der Waals surface area (Å²) in [6.07, 6.45) is 3.62. The van der Waals surface area contributed by atoms with Gasteiger partial charge in [0.25, 0.3) is 0 Å². The predicted octanol–water partition coefficient (Wildman–Crippen LogP) is 3.46. The molecule has 0 spiro atoms. The van der Waals surface area contributed by atoms with Gasteiger partial charge in [0.05, 0.1) is 36.3 Å². The molecule has 0 saturated heterocycles. The normalized spacial score (nSPS) is 19.9. The second kappa shape index (κ2) is 9.17. The molecule has 2 amide bonds. The zero-order chi connectivity index (χ0) is 20.9. The highest BCUT2D eigenvalue weighted by Crippen LogP contribution is 2.22. The second-order valence-corrected chi connectivity index (χ2v) is 7.82. The highest BCUT2D eigenvalue weighted by atomic mass is 16.5. The van der Waals surface area contributed by atoms with Crippen LogP contribution in [0.3, 0.4) is 0 Å². The van der Waals surface area contributed by atoms with Gasteiger partial charge >= 0.3 is 6.03 Å². The van der Waals surface area contributed by atoms with Gasteiger partial charge in [0.2, 0.25) is 0 Å². The number of para-hydroxylation sites is 2. The van der Waals surface area contributed by atoms with E-state index in [-0.39, 0.29) is 18.1 Å². The van der Waals surface area contributed by atoms with Crippen molar-refractivity contribution in [2.45, 2.75) is 50.3 Å². The first-order valence-corrected chi connectivity index (χ1v) is 10.4. The Bertz CT molecular complexity index is 953. The fourth-order valence-corrected chi connectivity index (χ4v) is 4.00. The molecule has 30 heavy (non-hydrogen) atoms. The number of hydrogen-bond donors (Lipinski definition) is 4. The van der Waals surface area contributed by atoms with E-state index in [4.69, 9.17) is 4.74 Å². The maximum absolute atomic E-state index is 12.8. The molecule has 4 rings (SSSR count). The van der Waals surface area contributed by atoms with Crippen LogP contribution in [-0.4, -0.2) is 40.4 Å². The number of ether oxygens (including phenoxy) is 1. The maximum Gasteiger partial charge on any atom is 0.315 e. The molecule has 2 aromatic carbocycles. The van der Waals surface area contributed by atoms with E-state index >= 15 is 0 Å². The Kier molecular flexibility index (Phi) is 6.18. The van der Waals surface area contributed by atoms with Gasteiger partial charge in [-0.25, -0.2) is 9.78 Å². The Labute approximate surface area is 175 Å². The van der Waals surface area contributed by atoms with Crippen molar-refractivity contribution in [2.24, 2.45) is 0 Å². The third-order valence-corrected chi connectivity index (χ3v) is 5.69. The van der Waals surface area contributed by atoms with Crippen LogP contribution in [0.1, 0.15) is 43.1 Å². The van der Waals surface area contributed by atoms with E-state index < -0.39 is 6.10 Å². The fourth-order valence-electron chi connectivity index (χ4n) is 4.00. The molecule has 1 saturated carbocycles. The van der Waals surface area contributed by atoms with Gasteiger partial charge in [-0.2, -0.15) is 0 Å². The van der Waals surface area contributed by atoms with E-state index in [0.717, 1.165) is 48.0 Å². The van der Waals surface area contributed by atoms with Crippen molar-refractivity contribution < 1.29 is 14.6 Å². The Morgan fingerprint density at radius 3 is 2.70 bits per heavy atom. The van der Waals surface area contributed by atoms with Crippen molar-refractivity contribution in [3.8, 4) is 5.75 Å². The minimum atomic E-state index is -0.490. The van der Waals surface area contributed by atoms with Gasteiger partial charge in [-0.3, -0.25) is 0 Å². The Hall–Kier alpha value is -3.06. The van der Waals surface area contributed by atoms with Crippen molar-refractivity contribution in [3.05, 3.63) is 59.9 Å². The molecule has 7 heteroatoms. The zero-order valence-corrected chi connectivity index (χ0v) is 17.1. The molecule has 158 valence electrons. The number of rotatable bonds is 6. The van der Waals surface area contributed by atoms with Gasteiger partial charge in [-0.1, -0.05) is 37.1 Å². The summed E-state index contributed by atoms with van der Waals surface area (Å²) < 4.78 is 5.24. The Morgan fingerprint density at radius 2 is 1.97 bits per heavy atom. The standard InChI is InChI=1S/C23H28N4O3/c1-30-16-12-10-15(11-13-16)14-20(22-24-17-6-2-3-7-18(17)25-22)27-23(29)26-19-8-4-5-9-21(19)28/h2-3,6-7,10-13,19-21,28H,4-5,8-9,14H2,1H3,(H,24,25)(H2,26,27,29)/t19-,20-,21+/m1/s1. The maximum atomic E-state index is 12.8. The van der Waals surface area contributed by atoms with Crippen molar-refractivity contribution in [3.63, 3.8) is 0 Å². The summed E-state index contributed by atoms with van der Waals surface area (Å²) in [4.78, 5) is 20.8. The highest BCUT2D eigenvalue weighted by molar-refractivity contribution is 5.76. The summed E-state index contributed by atoms with van der Waals surface area (Å²) in [7, 11) is 1.64. The van der Waals surface area contributed by atoms with Crippen molar-refractivity contribution >= 4 is 17.1 Å². The monoisotopic (exact) mass is 408 g/mol. The number of fused-ring (bicyclic) bond motifs is 1. The number of carbonyl (C=O) groups excluding carboxylic acids is 1. The van der Waals surface area contributed by atoms with Crippen LogP contribution in [0.5, 0.6) is 5.75 Å². The first-order valence-electron chi connectivity index (χ1n) is 10.4. The number of imidazole rings is 1. The molecular weight excluding hydrogens is 380 g/mol. The lowest BCUT2D eigenvalue weighted by atomic mass is 9.93. The molecule has 4 N–H and O–H groups in total. The average Bonchev–Trinajstić information content (AvgIpc) is 3.20. The third-order valence-electron chi connectivity index (χ3n) is 5.69. The molecule has 7 nitrogen and oxygen atoms in total. The number of H-pyrrole nitrogens is 1. The molecule has 3 atom stereocenters. The minimum absolute atomic E-state index is 0.212. The highest BCUT2D eigenvalue weighted by Gasteiger charge is 2.26. The van der Waals surface area contributed by atoms with E-state index in [9.17, 15) is 9.90 Å². The molecule has 1 aliphatic carbocycles. The summed E-state index contributed by atoms with van der Waals surface area (Å²) in [5, 5.41) is 16.2. The molecule has 1 aromatic heterocycles. The molecule has 0 aliphatic heterocycles. The number of methoxy groups -OCH3 is 1. The third kappa shape index (κ3) is 4.74. The SMILES string of the molecule is COc1ccc(C[C@@H](NC(=O)N[C@@H]2CCCC[C@@H]2O)c2nc3ccccc3[nH]2)cc1. The first-order chi connectivity index (χ1) is 14.6. The molecule has 1 aliphatic rings. The Balaban J connectivity index is 1.53. The van der Waals surface area contributed by atoms with E-state index in [0.29, 0.717) is 12.2 Å². The van der Waals surface area contributed by atoms with Gasteiger partial charge in [0.15, 0.2) is 0 Å². The second-order valence-electron chi connectivity index (χ2n) is 7.82. The van der Waals surface area contributed by atoms with Crippen molar-refractivity contribution in [2.75, 3.05) is 7.11 Å². The number of carbonyl (C=O) groups is 1. The van der Waals surface area contributed by atoms with Gasteiger partial charge < -0.3 is 25.5 Å². The van der Waals surface area contributed by atoms with Crippen LogP contribution in [0.4, 0.5) is 4.79 Å². The van der Waals surface area contributed by atoms with Crippen molar-refractivity contribution in [1.29, 1.82) is 0 Å². The van der Waals surface area contributed by atoms with Crippen LogP contribution >= 0.6 is 0 Å². The van der Waals surface area contributed by atoms with Crippen LogP contribution in [0.2, 0.25) is 0 Å². The number of hydrogen-bond acceptors (Lipinski definition) is 4. The van der Waals surface area contributed by atoms with E-state index in [1.807, 2.05) is 48.5 Å². The van der Waals surface area contributed by atoms with Crippen LogP contribution in [0.25, 0.3) is 11.0 Å². The molecule has 0 bridgehead atoms. The quantitative estimate of drug-likeness (QED) is 0.502. The van der Waals surface area contributed by atoms with E-state index in [2.05, 4.69) is 20.6 Å². The summed E-state index contributed by atoms with van der Waals surface area (Å²) in [6, 6.07) is 14.7. The Morgan fingerprint density at radius 1 is 1.20 bits per heavy atom. The summed E-state index contributed by atoms with van der Waals surface area (Å²) in [5.74, 6) is 1.49. The number of aromatic nitrogens is 2. The molecule has 3 aromatic rings. The summed E-state index contributed by atoms with van der Waals surface area (Å²) in [5.41, 5.74) is 2.84. The van der Waals surface area contributed by atoms with Gasteiger partial charge in [-0.05, 0) is 49.1 Å². The predicted molar refractivity (Wildman–Crippen MR) is 115 cm³/mol. The lowest BCUT2D eigenvalue weighted by Crippen LogP contribution is -2.50. The molecule has 1 fully saturated rings. The number of benzene rings is 2. The van der Waals surface area contributed by atoms with Gasteiger partial charge in [0, 0.05) is 0 Å². The molecular formula is C23H28N4O3. The van der Waals surface area contributed by atoms with E-state index in [1.165, 1.54) is 0 Å². The number of urea groups is 1. The number of aromatic amines is 1. The number of nitrogens with zero attached hydrogens (tertiary/aromatic N) is 1. The van der Waals surface area contributed by atoms with E-state index in [1.54, 1.807) is 7.11 Å². The van der Waals surface area contributed by atoms with Crippen LogP contribution < -0.4 is 15.4 Å². The lowest BCUT2D eigenvalue weighted by Gasteiger charge is -2.29. The first kappa shape index (κ1) is 20.2. The number of aliphatic hydroxyl groups is 1. The van der Waals surface area contributed by atoms with Crippen LogP contribution in [-0.2, 0) is 6.42 Å². The summed E-state index contributed by atoms with van der Waals surface area (Å²) >= 11 is 0. The molecule has 0 unspecified atom stereocenters. The largest absolute Gasteiger partial charge is 0.497 e. The lowest BCUT2D eigenvalue weighted by molar-refractivity contribution is 0.0940. The minimum Gasteiger partial charge on any atom is -0.497 e. The number of aliphatic hydroxyl groups excluding tert-OH is 1. The topological polar surface area (TPSA) is 99.3 Å². The van der Waals surface area contributed by atoms with Crippen LogP contribution in [0.15, 0.2) is 48.5 Å². The molecule has 0 radical (unpaired) electrons. The van der Waals surface area contributed by atoms with Crippen molar-refractivity contribution in [1.82, 2.24) is 20.6 Å². The average molecular weight is 409 g/mol. The number of nitrogens with one attached hydrogen (secondary N) is 3. The summed E-state index contributed by atoms with van der Waals surface area (Å²) in [6.45, 7) is 0. The van der Waals surface area contributed by atoms with Crippen LogP contribution in [0, 0.1) is 0 Å². The number of amides is 2. The zero-order valence-electron chi connectivity index (χ0n) is 17.1. The molecule has 1 heterocycles. The smallest absolute Gasteiger partial charge is 0.315 e. The van der Waals surface area contributed by atoms with Gasteiger partial charge in [0.1, 0.15) is 11.6 Å². The van der Waals surface area contributed by atoms with Gasteiger partial charge in [-0.15, -0.1) is 0 Å².